The highest BCUT2D eigenvalue weighted by Gasteiger charge is 2.50. The zero-order chi connectivity index (χ0) is 21.3. The molecule has 0 amide bonds. The number of H-pyrrole nitrogens is 1. The summed E-state index contributed by atoms with van der Waals surface area (Å²) in [6, 6.07) is -0.483. The Morgan fingerprint density at radius 3 is 2.66 bits per heavy atom. The zero-order valence-corrected chi connectivity index (χ0v) is 18.0. The Hall–Kier alpha value is -2.44. The largest absolute Gasteiger partial charge is 0.463 e. The Labute approximate surface area is 177 Å². The maximum absolute atomic E-state index is 11.9. The SMILES string of the molecule is CC(=O)OC[C@@H]1O[C@H](n2cnc3c(=S)nc[nH]c32)[C@H](OC(C)=O)[C@@H]1N(C)C(C)=S. The number of thiocarbonyl (C=S) groups is 1. The fraction of sp³-hybridized carbons (Fsp3) is 0.529. The molecule has 12 heteroatoms. The topological polar surface area (TPSA) is 112 Å². The maximum atomic E-state index is 11.9. The summed E-state index contributed by atoms with van der Waals surface area (Å²) in [6.07, 6.45) is 0.899. The molecule has 1 aliphatic heterocycles. The van der Waals surface area contributed by atoms with Crippen LogP contribution in [0.4, 0.5) is 0 Å². The second-order valence-electron chi connectivity index (χ2n) is 6.62. The molecule has 0 unspecified atom stereocenters. The lowest BCUT2D eigenvalue weighted by molar-refractivity contribution is -0.153. The number of likely N-dealkylation sites (N-methyl/N-ethyl adjacent to an activating group) is 1. The molecule has 3 rings (SSSR count). The lowest BCUT2D eigenvalue weighted by atomic mass is 10.1. The van der Waals surface area contributed by atoms with Crippen molar-refractivity contribution >= 4 is 52.5 Å². The van der Waals surface area contributed by atoms with Gasteiger partial charge in [0.25, 0.3) is 0 Å². The number of fused-ring (bicyclic) bond motifs is 1. The molecule has 2 aromatic heterocycles. The van der Waals surface area contributed by atoms with Crippen LogP contribution in [0.2, 0.25) is 0 Å². The van der Waals surface area contributed by atoms with E-state index in [1.165, 1.54) is 26.5 Å². The van der Waals surface area contributed by atoms with Gasteiger partial charge in [-0.25, -0.2) is 9.97 Å². The quantitative estimate of drug-likeness (QED) is 0.544. The molecule has 1 saturated heterocycles. The number of nitrogens with one attached hydrogen (secondary N) is 1. The first-order valence-electron chi connectivity index (χ1n) is 8.80. The molecule has 1 aliphatic rings. The molecule has 1 N–H and O–H groups in total. The predicted molar refractivity (Wildman–Crippen MR) is 109 cm³/mol. The average Bonchev–Trinajstić information content (AvgIpc) is 3.21. The van der Waals surface area contributed by atoms with Crippen molar-refractivity contribution in [2.45, 2.75) is 45.2 Å². The van der Waals surface area contributed by atoms with E-state index < -0.39 is 36.4 Å². The van der Waals surface area contributed by atoms with Crippen molar-refractivity contribution in [2.24, 2.45) is 0 Å². The normalized spacial score (nSPS) is 23.7. The number of ether oxygens (including phenoxy) is 3. The van der Waals surface area contributed by atoms with Gasteiger partial charge in [0, 0.05) is 20.9 Å². The molecule has 3 heterocycles. The number of aromatic amines is 1. The van der Waals surface area contributed by atoms with Crippen molar-refractivity contribution in [3.8, 4) is 0 Å². The Morgan fingerprint density at radius 1 is 1.31 bits per heavy atom. The predicted octanol–water partition coefficient (Wildman–Crippen LogP) is 1.53. The highest BCUT2D eigenvalue weighted by Crippen LogP contribution is 2.36. The number of hydrogen-bond acceptors (Lipinski definition) is 9. The number of aromatic nitrogens is 4. The number of hydrogen-bond donors (Lipinski definition) is 1. The monoisotopic (exact) mass is 439 g/mol. The van der Waals surface area contributed by atoms with Crippen LogP contribution in [0.1, 0.15) is 27.0 Å². The lowest BCUT2D eigenvalue weighted by Crippen LogP contribution is -2.49. The molecule has 2 aromatic rings. The Morgan fingerprint density at radius 2 is 2.03 bits per heavy atom. The van der Waals surface area contributed by atoms with E-state index in [9.17, 15) is 9.59 Å². The van der Waals surface area contributed by atoms with Crippen LogP contribution in [0.3, 0.4) is 0 Å². The molecule has 0 saturated carbocycles. The van der Waals surface area contributed by atoms with E-state index in [-0.39, 0.29) is 6.61 Å². The van der Waals surface area contributed by atoms with Gasteiger partial charge in [-0.2, -0.15) is 0 Å². The zero-order valence-electron chi connectivity index (χ0n) is 16.3. The fourth-order valence-electron chi connectivity index (χ4n) is 3.34. The van der Waals surface area contributed by atoms with Gasteiger partial charge in [-0.1, -0.05) is 24.4 Å². The molecule has 0 spiro atoms. The van der Waals surface area contributed by atoms with E-state index in [4.69, 9.17) is 38.6 Å². The van der Waals surface area contributed by atoms with Gasteiger partial charge in [0.05, 0.1) is 17.6 Å². The van der Waals surface area contributed by atoms with E-state index in [1.54, 1.807) is 23.4 Å². The van der Waals surface area contributed by atoms with Crippen LogP contribution in [-0.4, -0.2) is 73.3 Å². The molecule has 10 nitrogen and oxygen atoms in total. The van der Waals surface area contributed by atoms with E-state index in [1.807, 2.05) is 0 Å². The third-order valence-corrected chi connectivity index (χ3v) is 5.25. The molecular formula is C17H21N5O5S2. The molecule has 1 fully saturated rings. The molecule has 0 bridgehead atoms. The van der Waals surface area contributed by atoms with Crippen molar-refractivity contribution in [3.05, 3.63) is 17.3 Å². The van der Waals surface area contributed by atoms with Gasteiger partial charge < -0.3 is 24.1 Å². The Bertz CT molecular complexity index is 1010. The van der Waals surface area contributed by atoms with E-state index in [0.29, 0.717) is 20.8 Å². The van der Waals surface area contributed by atoms with Crippen LogP contribution in [0, 0.1) is 4.64 Å². The minimum atomic E-state index is -0.751. The number of nitrogens with zero attached hydrogens (tertiary/aromatic N) is 4. The smallest absolute Gasteiger partial charge is 0.303 e. The first-order chi connectivity index (χ1) is 13.7. The van der Waals surface area contributed by atoms with Crippen molar-refractivity contribution < 1.29 is 23.8 Å². The minimum absolute atomic E-state index is 0.0224. The number of imidazole rings is 1. The van der Waals surface area contributed by atoms with E-state index >= 15 is 0 Å². The van der Waals surface area contributed by atoms with Gasteiger partial charge in [0.2, 0.25) is 0 Å². The van der Waals surface area contributed by atoms with Gasteiger partial charge >= 0.3 is 11.9 Å². The lowest BCUT2D eigenvalue weighted by Gasteiger charge is -2.32. The van der Waals surface area contributed by atoms with Gasteiger partial charge in [-0.3, -0.25) is 14.2 Å². The third kappa shape index (κ3) is 4.28. The van der Waals surface area contributed by atoms with Crippen molar-refractivity contribution in [3.63, 3.8) is 0 Å². The highest BCUT2D eigenvalue weighted by atomic mass is 32.1. The minimum Gasteiger partial charge on any atom is -0.463 e. The summed E-state index contributed by atoms with van der Waals surface area (Å²) >= 11 is 10.5. The first-order valence-corrected chi connectivity index (χ1v) is 9.62. The molecule has 0 aliphatic carbocycles. The third-order valence-electron chi connectivity index (χ3n) is 4.66. The summed E-state index contributed by atoms with van der Waals surface area (Å²) in [4.78, 5) is 36.9. The van der Waals surface area contributed by atoms with E-state index in [2.05, 4.69) is 15.0 Å². The highest BCUT2D eigenvalue weighted by molar-refractivity contribution is 7.80. The summed E-state index contributed by atoms with van der Waals surface area (Å²) in [6.45, 7) is 4.37. The summed E-state index contributed by atoms with van der Waals surface area (Å²) < 4.78 is 19.0. The number of carbonyl (C=O) groups excluding carboxylic acids is 2. The van der Waals surface area contributed by atoms with Crippen molar-refractivity contribution in [1.82, 2.24) is 24.4 Å². The molecule has 0 radical (unpaired) electrons. The van der Waals surface area contributed by atoms with Gasteiger partial charge in [-0.05, 0) is 6.92 Å². The number of esters is 2. The molecular weight excluding hydrogens is 418 g/mol. The summed E-state index contributed by atoms with van der Waals surface area (Å²) in [7, 11) is 1.78. The summed E-state index contributed by atoms with van der Waals surface area (Å²) in [5.41, 5.74) is 1.06. The van der Waals surface area contributed by atoms with Crippen molar-refractivity contribution in [2.75, 3.05) is 13.7 Å². The van der Waals surface area contributed by atoms with Gasteiger partial charge in [-0.15, -0.1) is 0 Å². The molecule has 4 atom stereocenters. The number of carbonyl (C=O) groups is 2. The van der Waals surface area contributed by atoms with Crippen molar-refractivity contribution in [1.29, 1.82) is 0 Å². The summed E-state index contributed by atoms with van der Waals surface area (Å²) in [5, 5.41) is 0. The second-order valence-corrected chi connectivity index (χ2v) is 7.60. The summed E-state index contributed by atoms with van der Waals surface area (Å²) in [5.74, 6) is -0.916. The first kappa shape index (κ1) is 21.3. The van der Waals surface area contributed by atoms with Crippen LogP contribution < -0.4 is 0 Å². The van der Waals surface area contributed by atoms with Crippen LogP contribution in [0.25, 0.3) is 11.2 Å². The second kappa shape index (κ2) is 8.51. The van der Waals surface area contributed by atoms with Gasteiger partial charge in [0.1, 0.15) is 29.9 Å². The van der Waals surface area contributed by atoms with Gasteiger partial charge in [0.15, 0.2) is 17.0 Å². The Kier molecular flexibility index (Phi) is 6.24. The molecule has 29 heavy (non-hydrogen) atoms. The van der Waals surface area contributed by atoms with Crippen LogP contribution >= 0.6 is 24.4 Å². The van der Waals surface area contributed by atoms with E-state index in [0.717, 1.165) is 0 Å². The number of rotatable bonds is 5. The molecule has 156 valence electrons. The standard InChI is InChI=1S/C17H21N5O5S2/c1-8(28)21(4)13-11(5-25-9(2)23)27-17(14(13)26-10(3)24)22-7-20-12-15(22)18-6-19-16(12)29/h6-7,11,13-14,17H,5H2,1-4H3,(H,18,19,29)/t11-,13+,14+,17-/m0/s1. The Balaban J connectivity index is 2.07. The molecule has 0 aromatic carbocycles. The maximum Gasteiger partial charge on any atom is 0.303 e. The average molecular weight is 440 g/mol. The fourth-order valence-corrected chi connectivity index (χ4v) is 3.67. The van der Waals surface area contributed by atoms with Crippen LogP contribution in [0.5, 0.6) is 0 Å². The van der Waals surface area contributed by atoms with Crippen LogP contribution in [-0.2, 0) is 23.8 Å². The van der Waals surface area contributed by atoms with Crippen LogP contribution in [0.15, 0.2) is 12.7 Å².